The largest absolute Gasteiger partial charge is 0.292 e. The number of rotatable bonds is 2. The zero-order chi connectivity index (χ0) is 15.3. The van der Waals surface area contributed by atoms with E-state index < -0.39 is 0 Å². The van der Waals surface area contributed by atoms with Gasteiger partial charge in [-0.25, -0.2) is 0 Å². The third-order valence-corrected chi connectivity index (χ3v) is 5.80. The van der Waals surface area contributed by atoms with E-state index in [4.69, 9.17) is 4.84 Å². The zero-order valence-electron chi connectivity index (χ0n) is 14.1. The molecular weight excluding hydrogens is 258 g/mol. The van der Waals surface area contributed by atoms with Crippen LogP contribution in [0.25, 0.3) is 0 Å². The van der Waals surface area contributed by atoms with Crippen molar-refractivity contribution in [3.8, 4) is 0 Å². The van der Waals surface area contributed by atoms with Crippen LogP contribution in [0, 0.1) is 11.8 Å². The highest BCUT2D eigenvalue weighted by Gasteiger charge is 2.55. The SMILES string of the molecule is CCN1OC(C)(C)C2CC(C)(c3ccccc3)CC(C)C21. The fourth-order valence-corrected chi connectivity index (χ4v) is 4.84. The second kappa shape index (κ2) is 5.10. The minimum absolute atomic E-state index is 0.0502. The smallest absolute Gasteiger partial charge is 0.0888 e. The van der Waals surface area contributed by atoms with Gasteiger partial charge in [-0.2, -0.15) is 5.06 Å². The summed E-state index contributed by atoms with van der Waals surface area (Å²) < 4.78 is 0. The molecule has 1 saturated heterocycles. The monoisotopic (exact) mass is 287 g/mol. The summed E-state index contributed by atoms with van der Waals surface area (Å²) in [5, 5.41) is 2.25. The molecule has 1 aromatic rings. The average Bonchev–Trinajstić information content (AvgIpc) is 2.71. The van der Waals surface area contributed by atoms with Gasteiger partial charge in [0.15, 0.2) is 0 Å². The van der Waals surface area contributed by atoms with Crippen LogP contribution in [0.2, 0.25) is 0 Å². The van der Waals surface area contributed by atoms with Gasteiger partial charge < -0.3 is 0 Å². The van der Waals surface area contributed by atoms with E-state index >= 15 is 0 Å². The van der Waals surface area contributed by atoms with Crippen molar-refractivity contribution in [2.24, 2.45) is 11.8 Å². The van der Waals surface area contributed by atoms with Gasteiger partial charge in [-0.05, 0) is 43.6 Å². The Balaban J connectivity index is 1.94. The van der Waals surface area contributed by atoms with Crippen molar-refractivity contribution in [2.45, 2.75) is 64.5 Å². The maximum absolute atomic E-state index is 6.28. The first-order valence-electron chi connectivity index (χ1n) is 8.39. The second-order valence-corrected chi connectivity index (χ2v) is 7.84. The van der Waals surface area contributed by atoms with E-state index in [1.807, 2.05) is 0 Å². The van der Waals surface area contributed by atoms with Gasteiger partial charge in [0.25, 0.3) is 0 Å². The van der Waals surface area contributed by atoms with Crippen molar-refractivity contribution in [1.29, 1.82) is 0 Å². The lowest BCUT2D eigenvalue weighted by Crippen LogP contribution is -2.48. The molecule has 2 aliphatic rings. The highest BCUT2D eigenvalue weighted by Crippen LogP contribution is 2.53. The van der Waals surface area contributed by atoms with Crippen LogP contribution in [0.3, 0.4) is 0 Å². The third-order valence-electron chi connectivity index (χ3n) is 5.80. The van der Waals surface area contributed by atoms with Crippen LogP contribution in [-0.4, -0.2) is 23.3 Å². The first-order valence-corrected chi connectivity index (χ1v) is 8.39. The average molecular weight is 287 g/mol. The molecule has 1 aromatic carbocycles. The topological polar surface area (TPSA) is 12.5 Å². The Morgan fingerprint density at radius 2 is 1.81 bits per heavy atom. The summed E-state index contributed by atoms with van der Waals surface area (Å²) in [5.41, 5.74) is 1.71. The van der Waals surface area contributed by atoms with Crippen LogP contribution in [-0.2, 0) is 10.3 Å². The summed E-state index contributed by atoms with van der Waals surface area (Å²) in [4.78, 5) is 6.28. The molecule has 0 aromatic heterocycles. The number of fused-ring (bicyclic) bond motifs is 1. The fourth-order valence-electron chi connectivity index (χ4n) is 4.84. The minimum Gasteiger partial charge on any atom is -0.292 e. The number of benzene rings is 1. The van der Waals surface area contributed by atoms with E-state index in [0.717, 1.165) is 6.54 Å². The molecular formula is C19H29NO. The van der Waals surface area contributed by atoms with E-state index in [1.165, 1.54) is 18.4 Å². The Labute approximate surface area is 129 Å². The second-order valence-electron chi connectivity index (χ2n) is 7.84. The molecule has 3 rings (SSSR count). The Bertz CT molecular complexity index is 498. The van der Waals surface area contributed by atoms with Gasteiger partial charge in [-0.3, -0.25) is 4.84 Å². The molecule has 1 aliphatic carbocycles. The van der Waals surface area contributed by atoms with Gasteiger partial charge in [0.05, 0.1) is 5.60 Å². The van der Waals surface area contributed by atoms with Crippen LogP contribution >= 0.6 is 0 Å². The first kappa shape index (κ1) is 15.1. The van der Waals surface area contributed by atoms with E-state index in [9.17, 15) is 0 Å². The third kappa shape index (κ3) is 2.43. The molecule has 0 bridgehead atoms. The summed E-state index contributed by atoms with van der Waals surface area (Å²) in [5.74, 6) is 1.27. The summed E-state index contributed by atoms with van der Waals surface area (Å²) >= 11 is 0. The Morgan fingerprint density at radius 1 is 1.14 bits per heavy atom. The van der Waals surface area contributed by atoms with Crippen molar-refractivity contribution in [3.05, 3.63) is 35.9 Å². The van der Waals surface area contributed by atoms with Crippen LogP contribution in [0.5, 0.6) is 0 Å². The number of hydroxylamine groups is 2. The molecule has 1 aliphatic heterocycles. The maximum Gasteiger partial charge on any atom is 0.0888 e. The quantitative estimate of drug-likeness (QED) is 0.799. The predicted octanol–water partition coefficient (Wildman–Crippen LogP) is 4.40. The standard InChI is InChI=1S/C19H29NO/c1-6-20-17-14(2)12-19(5,15-10-8-7-9-11-15)13-16(17)18(3,4)21-20/h7-11,14,16-17H,6,12-13H2,1-5H3. The van der Waals surface area contributed by atoms with Gasteiger partial charge in [-0.1, -0.05) is 51.1 Å². The summed E-state index contributed by atoms with van der Waals surface area (Å²) in [6, 6.07) is 11.6. The molecule has 2 nitrogen and oxygen atoms in total. The normalized spacial score (nSPS) is 39.2. The van der Waals surface area contributed by atoms with Gasteiger partial charge in [0.1, 0.15) is 0 Å². The van der Waals surface area contributed by atoms with E-state index in [0.29, 0.717) is 17.9 Å². The van der Waals surface area contributed by atoms with E-state index in [2.05, 4.69) is 70.0 Å². The lowest BCUT2D eigenvalue weighted by Gasteiger charge is -2.46. The fraction of sp³-hybridized carbons (Fsp3) is 0.684. The molecule has 4 unspecified atom stereocenters. The number of hydrogen-bond donors (Lipinski definition) is 0. The summed E-state index contributed by atoms with van der Waals surface area (Å²) in [6.07, 6.45) is 2.46. The van der Waals surface area contributed by atoms with E-state index in [-0.39, 0.29) is 11.0 Å². The minimum atomic E-state index is -0.0502. The van der Waals surface area contributed by atoms with Crippen LogP contribution in [0.15, 0.2) is 30.3 Å². The van der Waals surface area contributed by atoms with Crippen molar-refractivity contribution in [1.82, 2.24) is 5.06 Å². The van der Waals surface area contributed by atoms with Crippen LogP contribution in [0.1, 0.15) is 53.0 Å². The Kier molecular flexibility index (Phi) is 3.66. The van der Waals surface area contributed by atoms with Crippen molar-refractivity contribution in [3.63, 3.8) is 0 Å². The Morgan fingerprint density at radius 3 is 2.43 bits per heavy atom. The Hall–Kier alpha value is -0.860. The maximum atomic E-state index is 6.28. The first-order chi connectivity index (χ1) is 9.87. The molecule has 1 saturated carbocycles. The van der Waals surface area contributed by atoms with Gasteiger partial charge in [-0.15, -0.1) is 0 Å². The molecule has 4 atom stereocenters. The zero-order valence-corrected chi connectivity index (χ0v) is 14.1. The summed E-state index contributed by atoms with van der Waals surface area (Å²) in [7, 11) is 0. The molecule has 2 fully saturated rings. The lowest BCUT2D eigenvalue weighted by molar-refractivity contribution is -0.195. The molecule has 0 spiro atoms. The molecule has 1 heterocycles. The molecule has 0 amide bonds. The van der Waals surface area contributed by atoms with Gasteiger partial charge in [0, 0.05) is 18.5 Å². The van der Waals surface area contributed by atoms with Crippen LogP contribution < -0.4 is 0 Å². The van der Waals surface area contributed by atoms with E-state index in [1.54, 1.807) is 0 Å². The van der Waals surface area contributed by atoms with Crippen molar-refractivity contribution < 1.29 is 4.84 Å². The number of nitrogens with zero attached hydrogens (tertiary/aromatic N) is 1. The molecule has 116 valence electrons. The molecule has 0 N–H and O–H groups in total. The molecule has 2 heteroatoms. The number of hydrogen-bond acceptors (Lipinski definition) is 2. The summed E-state index contributed by atoms with van der Waals surface area (Å²) in [6.45, 7) is 12.6. The van der Waals surface area contributed by atoms with Crippen molar-refractivity contribution >= 4 is 0 Å². The van der Waals surface area contributed by atoms with Gasteiger partial charge >= 0.3 is 0 Å². The lowest BCUT2D eigenvalue weighted by atomic mass is 9.59. The predicted molar refractivity (Wildman–Crippen MR) is 87.0 cm³/mol. The highest BCUT2D eigenvalue weighted by molar-refractivity contribution is 5.27. The van der Waals surface area contributed by atoms with Crippen molar-refractivity contribution in [2.75, 3.05) is 6.54 Å². The molecule has 21 heavy (non-hydrogen) atoms. The highest BCUT2D eigenvalue weighted by atomic mass is 16.7. The van der Waals surface area contributed by atoms with Gasteiger partial charge in [0.2, 0.25) is 0 Å². The molecule has 0 radical (unpaired) electrons. The van der Waals surface area contributed by atoms with Crippen LogP contribution in [0.4, 0.5) is 0 Å².